The SMILES string of the molecule is CN(C(=O)NC1CCCc2ccc(F)cc21)C1CCC(CO)CC1. The molecule has 1 aromatic carbocycles. The fourth-order valence-electron chi connectivity index (χ4n) is 4.05. The number of aliphatic hydroxyl groups excluding tert-OH is 1. The van der Waals surface area contributed by atoms with Gasteiger partial charge in [-0.15, -0.1) is 0 Å². The minimum atomic E-state index is -0.245. The molecule has 1 fully saturated rings. The molecule has 1 atom stereocenters. The Bertz CT molecular complexity index is 585. The van der Waals surface area contributed by atoms with E-state index in [0.717, 1.165) is 56.1 Å². The summed E-state index contributed by atoms with van der Waals surface area (Å²) in [5.41, 5.74) is 2.06. The summed E-state index contributed by atoms with van der Waals surface area (Å²) in [6.07, 6.45) is 6.62. The number of benzene rings is 1. The second-order valence-electron chi connectivity index (χ2n) is 7.21. The number of aliphatic hydroxyl groups is 1. The molecule has 0 radical (unpaired) electrons. The van der Waals surface area contributed by atoms with Gasteiger partial charge in [-0.1, -0.05) is 6.07 Å². The van der Waals surface area contributed by atoms with Gasteiger partial charge in [0.2, 0.25) is 0 Å². The molecule has 132 valence electrons. The quantitative estimate of drug-likeness (QED) is 0.890. The van der Waals surface area contributed by atoms with Crippen molar-refractivity contribution in [3.63, 3.8) is 0 Å². The van der Waals surface area contributed by atoms with Gasteiger partial charge in [-0.3, -0.25) is 0 Å². The summed E-state index contributed by atoms with van der Waals surface area (Å²) < 4.78 is 13.6. The first-order valence-electron chi connectivity index (χ1n) is 9.01. The number of rotatable bonds is 3. The molecule has 5 heteroatoms. The molecule has 0 heterocycles. The minimum absolute atomic E-state index is 0.0791. The standard InChI is InChI=1S/C19H27FN2O2/c1-22(16-9-5-13(12-23)6-10-16)19(24)21-18-4-2-3-14-7-8-15(20)11-17(14)18/h7-8,11,13,16,18,23H,2-6,9-10,12H2,1H3,(H,21,24). The lowest BCUT2D eigenvalue weighted by molar-refractivity contribution is 0.132. The molecule has 2 amide bonds. The van der Waals surface area contributed by atoms with Crippen LogP contribution < -0.4 is 5.32 Å². The van der Waals surface area contributed by atoms with Gasteiger partial charge in [0.05, 0.1) is 6.04 Å². The van der Waals surface area contributed by atoms with Crippen molar-refractivity contribution >= 4 is 6.03 Å². The van der Waals surface area contributed by atoms with Gasteiger partial charge in [0, 0.05) is 19.7 Å². The van der Waals surface area contributed by atoms with Gasteiger partial charge < -0.3 is 15.3 Å². The number of hydrogen-bond acceptors (Lipinski definition) is 2. The molecule has 0 aromatic heterocycles. The Morgan fingerprint density at radius 3 is 2.75 bits per heavy atom. The number of hydrogen-bond donors (Lipinski definition) is 2. The number of carbonyl (C=O) groups is 1. The number of urea groups is 1. The van der Waals surface area contributed by atoms with Crippen LogP contribution >= 0.6 is 0 Å². The summed E-state index contributed by atoms with van der Waals surface area (Å²) in [5.74, 6) is 0.136. The van der Waals surface area contributed by atoms with Crippen molar-refractivity contribution in [2.75, 3.05) is 13.7 Å². The zero-order chi connectivity index (χ0) is 17.1. The normalized spacial score (nSPS) is 26.5. The first-order valence-corrected chi connectivity index (χ1v) is 9.01. The maximum absolute atomic E-state index is 13.6. The van der Waals surface area contributed by atoms with E-state index in [0.29, 0.717) is 5.92 Å². The van der Waals surface area contributed by atoms with Crippen LogP contribution in [0.3, 0.4) is 0 Å². The fraction of sp³-hybridized carbons (Fsp3) is 0.632. The Kier molecular flexibility index (Phi) is 5.39. The molecule has 3 rings (SSSR count). The van der Waals surface area contributed by atoms with E-state index < -0.39 is 0 Å². The number of aryl methyl sites for hydroxylation is 1. The van der Waals surface area contributed by atoms with E-state index in [9.17, 15) is 14.3 Å². The van der Waals surface area contributed by atoms with Crippen LogP contribution in [0.5, 0.6) is 0 Å². The molecular formula is C19H27FN2O2. The van der Waals surface area contributed by atoms with E-state index >= 15 is 0 Å². The number of carbonyl (C=O) groups excluding carboxylic acids is 1. The van der Waals surface area contributed by atoms with Gasteiger partial charge in [-0.2, -0.15) is 0 Å². The third-order valence-electron chi connectivity index (χ3n) is 5.66. The van der Waals surface area contributed by atoms with Crippen LogP contribution in [0.25, 0.3) is 0 Å². The van der Waals surface area contributed by atoms with E-state index in [1.807, 2.05) is 13.1 Å². The van der Waals surface area contributed by atoms with Gasteiger partial charge in [0.15, 0.2) is 0 Å². The van der Waals surface area contributed by atoms with Gasteiger partial charge in [-0.05, 0) is 74.1 Å². The molecule has 0 aliphatic heterocycles. The molecule has 0 bridgehead atoms. The van der Waals surface area contributed by atoms with Crippen molar-refractivity contribution in [3.8, 4) is 0 Å². The van der Waals surface area contributed by atoms with Crippen molar-refractivity contribution in [2.24, 2.45) is 5.92 Å². The van der Waals surface area contributed by atoms with Crippen molar-refractivity contribution in [1.82, 2.24) is 10.2 Å². The van der Waals surface area contributed by atoms with E-state index in [2.05, 4.69) is 5.32 Å². The molecule has 0 spiro atoms. The Morgan fingerprint density at radius 2 is 2.04 bits per heavy atom. The summed E-state index contributed by atoms with van der Waals surface area (Å²) in [6.45, 7) is 0.243. The number of nitrogens with zero attached hydrogens (tertiary/aromatic N) is 1. The van der Waals surface area contributed by atoms with Crippen LogP contribution in [0.2, 0.25) is 0 Å². The maximum Gasteiger partial charge on any atom is 0.317 e. The monoisotopic (exact) mass is 334 g/mol. The van der Waals surface area contributed by atoms with Crippen molar-refractivity contribution < 1.29 is 14.3 Å². The predicted molar refractivity (Wildman–Crippen MR) is 91.2 cm³/mol. The van der Waals surface area contributed by atoms with Crippen molar-refractivity contribution in [1.29, 1.82) is 0 Å². The zero-order valence-electron chi connectivity index (χ0n) is 14.3. The maximum atomic E-state index is 13.6. The second kappa shape index (κ2) is 7.51. The topological polar surface area (TPSA) is 52.6 Å². The highest BCUT2D eigenvalue weighted by Gasteiger charge is 2.28. The molecule has 2 N–H and O–H groups in total. The number of amides is 2. The summed E-state index contributed by atoms with van der Waals surface area (Å²) in [4.78, 5) is 14.4. The van der Waals surface area contributed by atoms with Crippen molar-refractivity contribution in [3.05, 3.63) is 35.1 Å². The third kappa shape index (κ3) is 3.72. The van der Waals surface area contributed by atoms with Crippen LogP contribution in [0.15, 0.2) is 18.2 Å². The van der Waals surface area contributed by atoms with Crippen LogP contribution in [-0.2, 0) is 6.42 Å². The Balaban J connectivity index is 1.62. The molecule has 1 unspecified atom stereocenters. The Hall–Kier alpha value is -1.62. The fourth-order valence-corrected chi connectivity index (χ4v) is 4.05. The average Bonchev–Trinajstić information content (AvgIpc) is 2.61. The number of fused-ring (bicyclic) bond motifs is 1. The molecule has 1 aromatic rings. The lowest BCUT2D eigenvalue weighted by Gasteiger charge is -2.36. The number of nitrogens with one attached hydrogen (secondary N) is 1. The highest BCUT2D eigenvalue weighted by molar-refractivity contribution is 5.75. The van der Waals surface area contributed by atoms with E-state index in [4.69, 9.17) is 0 Å². The van der Waals surface area contributed by atoms with Gasteiger partial charge in [0.25, 0.3) is 0 Å². The molecule has 1 saturated carbocycles. The lowest BCUT2D eigenvalue weighted by Crippen LogP contribution is -2.46. The van der Waals surface area contributed by atoms with Crippen LogP contribution in [0.4, 0.5) is 9.18 Å². The first kappa shape index (κ1) is 17.2. The molecule has 24 heavy (non-hydrogen) atoms. The molecule has 2 aliphatic rings. The first-order chi connectivity index (χ1) is 11.6. The Morgan fingerprint density at radius 1 is 1.29 bits per heavy atom. The van der Waals surface area contributed by atoms with E-state index in [1.165, 1.54) is 6.07 Å². The van der Waals surface area contributed by atoms with Gasteiger partial charge in [-0.25, -0.2) is 9.18 Å². The molecular weight excluding hydrogens is 307 g/mol. The predicted octanol–water partition coefficient (Wildman–Crippen LogP) is 3.40. The van der Waals surface area contributed by atoms with Crippen LogP contribution in [-0.4, -0.2) is 35.7 Å². The zero-order valence-corrected chi connectivity index (χ0v) is 14.3. The molecule has 2 aliphatic carbocycles. The summed E-state index contributed by atoms with van der Waals surface area (Å²) in [6, 6.07) is 4.94. The highest BCUT2D eigenvalue weighted by atomic mass is 19.1. The smallest absolute Gasteiger partial charge is 0.317 e. The average molecular weight is 334 g/mol. The highest BCUT2D eigenvalue weighted by Crippen LogP contribution is 2.31. The third-order valence-corrected chi connectivity index (χ3v) is 5.66. The summed E-state index contributed by atoms with van der Waals surface area (Å²) >= 11 is 0. The summed E-state index contributed by atoms with van der Waals surface area (Å²) in [7, 11) is 1.84. The second-order valence-corrected chi connectivity index (χ2v) is 7.21. The van der Waals surface area contributed by atoms with Gasteiger partial charge in [0.1, 0.15) is 5.82 Å². The number of halogens is 1. The van der Waals surface area contributed by atoms with E-state index in [1.54, 1.807) is 11.0 Å². The Labute approximate surface area is 143 Å². The molecule has 4 nitrogen and oxygen atoms in total. The summed E-state index contributed by atoms with van der Waals surface area (Å²) in [5, 5.41) is 12.3. The largest absolute Gasteiger partial charge is 0.396 e. The minimum Gasteiger partial charge on any atom is -0.396 e. The van der Waals surface area contributed by atoms with E-state index in [-0.39, 0.29) is 30.5 Å². The van der Waals surface area contributed by atoms with Gasteiger partial charge >= 0.3 is 6.03 Å². The van der Waals surface area contributed by atoms with Crippen molar-refractivity contribution in [2.45, 2.75) is 57.0 Å². The lowest BCUT2D eigenvalue weighted by atomic mass is 9.86. The molecule has 0 saturated heterocycles. The van der Waals surface area contributed by atoms with Crippen LogP contribution in [0.1, 0.15) is 55.7 Å². The van der Waals surface area contributed by atoms with Crippen LogP contribution in [0, 0.1) is 11.7 Å².